The molecule has 0 bridgehead atoms. The number of nitrogens with zero attached hydrogens (tertiary/aromatic N) is 1. The van der Waals surface area contributed by atoms with Crippen LogP contribution in [-0.2, 0) is 19.6 Å². The Morgan fingerprint density at radius 1 is 1.00 bits per heavy atom. The summed E-state index contributed by atoms with van der Waals surface area (Å²) in [5, 5.41) is 2.21. The number of hydrogen-bond acceptors (Lipinski definition) is 7. The van der Waals surface area contributed by atoms with Gasteiger partial charge in [-0.2, -0.15) is 0 Å². The van der Waals surface area contributed by atoms with E-state index in [9.17, 15) is 22.4 Å². The monoisotopic (exact) mass is 550 g/mol. The van der Waals surface area contributed by atoms with Crippen LogP contribution in [0.5, 0.6) is 11.5 Å². The third kappa shape index (κ3) is 6.30. The van der Waals surface area contributed by atoms with Crippen LogP contribution in [0.4, 0.5) is 15.8 Å². The molecule has 3 rings (SSSR count). The van der Waals surface area contributed by atoms with Gasteiger partial charge in [0.15, 0.2) is 11.5 Å². The Labute approximate surface area is 218 Å². The molecule has 37 heavy (non-hydrogen) atoms. The van der Waals surface area contributed by atoms with E-state index < -0.39 is 34.3 Å². The van der Waals surface area contributed by atoms with Gasteiger partial charge in [-0.3, -0.25) is 9.10 Å². The molecule has 196 valence electrons. The van der Waals surface area contributed by atoms with Crippen LogP contribution in [0, 0.1) is 5.82 Å². The first-order valence-corrected chi connectivity index (χ1v) is 12.7. The molecular formula is C25H24ClFN2O7S. The minimum absolute atomic E-state index is 0.0602. The molecule has 12 heteroatoms. The number of halogens is 2. The van der Waals surface area contributed by atoms with Crippen LogP contribution in [-0.4, -0.2) is 47.7 Å². The molecule has 0 atom stereocenters. The molecule has 1 amide bonds. The van der Waals surface area contributed by atoms with Crippen molar-refractivity contribution in [2.45, 2.75) is 11.8 Å². The Kier molecular flexibility index (Phi) is 8.95. The third-order valence-electron chi connectivity index (χ3n) is 5.12. The summed E-state index contributed by atoms with van der Waals surface area (Å²) < 4.78 is 57.4. The number of anilines is 2. The Balaban J connectivity index is 2.02. The number of carbonyl (C=O) groups excluding carboxylic acids is 2. The van der Waals surface area contributed by atoms with Gasteiger partial charge in [-0.25, -0.2) is 17.6 Å². The largest absolute Gasteiger partial charge is 0.493 e. The number of carbonyl (C=O) groups is 2. The zero-order chi connectivity index (χ0) is 27.2. The Morgan fingerprint density at radius 2 is 1.70 bits per heavy atom. The highest BCUT2D eigenvalue weighted by Gasteiger charge is 2.29. The SMILES string of the molecule is CCOC(=O)c1ccccc1NC(=O)CN(c1ccc(F)c(Cl)c1)S(=O)(=O)c1ccc(OC)c(OC)c1. The number of hydrogen-bond donors (Lipinski definition) is 1. The summed E-state index contributed by atoms with van der Waals surface area (Å²) in [4.78, 5) is 25.1. The molecule has 0 fully saturated rings. The van der Waals surface area contributed by atoms with Gasteiger partial charge in [-0.1, -0.05) is 23.7 Å². The number of para-hydroxylation sites is 1. The predicted octanol–water partition coefficient (Wildman–Crippen LogP) is 4.51. The molecule has 0 aliphatic carbocycles. The van der Waals surface area contributed by atoms with Crippen molar-refractivity contribution in [3.63, 3.8) is 0 Å². The average Bonchev–Trinajstić information content (AvgIpc) is 2.88. The van der Waals surface area contributed by atoms with E-state index in [-0.39, 0.29) is 39.2 Å². The van der Waals surface area contributed by atoms with Crippen LogP contribution in [0.3, 0.4) is 0 Å². The first-order valence-electron chi connectivity index (χ1n) is 10.9. The highest BCUT2D eigenvalue weighted by molar-refractivity contribution is 7.92. The van der Waals surface area contributed by atoms with Crippen LogP contribution in [0.25, 0.3) is 0 Å². The lowest BCUT2D eigenvalue weighted by Gasteiger charge is -2.25. The number of sulfonamides is 1. The molecule has 0 saturated carbocycles. The zero-order valence-electron chi connectivity index (χ0n) is 20.2. The van der Waals surface area contributed by atoms with Crippen LogP contribution in [0.15, 0.2) is 65.6 Å². The molecule has 0 aromatic heterocycles. The van der Waals surface area contributed by atoms with Crippen molar-refractivity contribution in [3.8, 4) is 11.5 Å². The quantitative estimate of drug-likeness (QED) is 0.370. The third-order valence-corrected chi connectivity index (χ3v) is 7.18. The van der Waals surface area contributed by atoms with E-state index >= 15 is 0 Å². The standard InChI is InChI=1S/C25H24ClFN2O7S/c1-4-36-25(31)18-7-5-6-8-21(18)28-24(30)15-29(16-9-11-20(27)19(26)13-16)37(32,33)17-10-12-22(34-2)23(14-17)35-3/h5-14H,4,15H2,1-3H3,(H,28,30). The van der Waals surface area contributed by atoms with Crippen LogP contribution < -0.4 is 19.1 Å². The molecule has 0 spiro atoms. The van der Waals surface area contributed by atoms with E-state index in [1.165, 1.54) is 50.6 Å². The number of rotatable bonds is 10. The summed E-state index contributed by atoms with van der Waals surface area (Å²) in [6, 6.07) is 13.3. The molecule has 0 aliphatic heterocycles. The zero-order valence-corrected chi connectivity index (χ0v) is 21.7. The summed E-state index contributed by atoms with van der Waals surface area (Å²) >= 11 is 5.91. The molecule has 0 aliphatic rings. The normalized spacial score (nSPS) is 10.9. The summed E-state index contributed by atoms with van der Waals surface area (Å²) in [6.07, 6.45) is 0. The predicted molar refractivity (Wildman–Crippen MR) is 137 cm³/mol. The summed E-state index contributed by atoms with van der Waals surface area (Å²) in [7, 11) is -1.65. The Hall–Kier alpha value is -3.83. The topological polar surface area (TPSA) is 111 Å². The van der Waals surface area contributed by atoms with Crippen LogP contribution >= 0.6 is 11.6 Å². The summed E-state index contributed by atoms with van der Waals surface area (Å²) in [5.74, 6) is -1.75. The number of amides is 1. The van der Waals surface area contributed by atoms with E-state index in [2.05, 4.69) is 5.32 Å². The molecule has 0 unspecified atom stereocenters. The maximum Gasteiger partial charge on any atom is 0.340 e. The summed E-state index contributed by atoms with van der Waals surface area (Å²) in [5.41, 5.74) is 0.165. The number of ether oxygens (including phenoxy) is 3. The minimum Gasteiger partial charge on any atom is -0.493 e. The molecule has 1 N–H and O–H groups in total. The van der Waals surface area contributed by atoms with E-state index in [0.29, 0.717) is 5.75 Å². The first kappa shape index (κ1) is 27.8. The maximum absolute atomic E-state index is 13.8. The van der Waals surface area contributed by atoms with E-state index in [1.807, 2.05) is 0 Å². The Morgan fingerprint density at radius 3 is 2.35 bits per heavy atom. The number of nitrogens with one attached hydrogen (secondary N) is 1. The molecule has 3 aromatic rings. The van der Waals surface area contributed by atoms with E-state index in [0.717, 1.165) is 16.4 Å². The van der Waals surface area contributed by atoms with Gasteiger partial charge in [0.2, 0.25) is 5.91 Å². The van der Waals surface area contributed by atoms with Crippen molar-refractivity contribution in [2.24, 2.45) is 0 Å². The van der Waals surface area contributed by atoms with Crippen molar-refractivity contribution < 1.29 is 36.6 Å². The van der Waals surface area contributed by atoms with Crippen molar-refractivity contribution in [3.05, 3.63) is 77.1 Å². The second-order valence-corrected chi connectivity index (χ2v) is 9.71. The van der Waals surface area contributed by atoms with Gasteiger partial charge in [0.05, 0.1) is 47.7 Å². The highest BCUT2D eigenvalue weighted by atomic mass is 35.5. The van der Waals surface area contributed by atoms with Crippen molar-refractivity contribution in [1.29, 1.82) is 0 Å². The lowest BCUT2D eigenvalue weighted by atomic mass is 10.2. The van der Waals surface area contributed by atoms with Gasteiger partial charge in [-0.05, 0) is 49.4 Å². The molecular weight excluding hydrogens is 527 g/mol. The number of methoxy groups -OCH3 is 2. The van der Waals surface area contributed by atoms with Gasteiger partial charge in [0.25, 0.3) is 10.0 Å². The smallest absolute Gasteiger partial charge is 0.340 e. The molecule has 9 nitrogen and oxygen atoms in total. The van der Waals surface area contributed by atoms with Crippen molar-refractivity contribution in [1.82, 2.24) is 0 Å². The molecule has 0 radical (unpaired) electrons. The van der Waals surface area contributed by atoms with Crippen molar-refractivity contribution >= 4 is 44.9 Å². The van der Waals surface area contributed by atoms with Gasteiger partial charge in [0, 0.05) is 6.07 Å². The van der Waals surface area contributed by atoms with Crippen molar-refractivity contribution in [2.75, 3.05) is 37.0 Å². The molecule has 0 heterocycles. The fourth-order valence-electron chi connectivity index (χ4n) is 3.36. The number of esters is 1. The minimum atomic E-state index is -4.40. The van der Waals surface area contributed by atoms with Crippen LogP contribution in [0.2, 0.25) is 5.02 Å². The lowest BCUT2D eigenvalue weighted by molar-refractivity contribution is -0.114. The molecule has 0 saturated heterocycles. The Bertz CT molecular complexity index is 1420. The second-order valence-electron chi connectivity index (χ2n) is 7.44. The van der Waals surface area contributed by atoms with Gasteiger partial charge < -0.3 is 19.5 Å². The van der Waals surface area contributed by atoms with Crippen LogP contribution in [0.1, 0.15) is 17.3 Å². The fourth-order valence-corrected chi connectivity index (χ4v) is 4.96. The molecule has 3 aromatic carbocycles. The lowest BCUT2D eigenvalue weighted by Crippen LogP contribution is -2.38. The van der Waals surface area contributed by atoms with Gasteiger partial charge in [-0.15, -0.1) is 0 Å². The van der Waals surface area contributed by atoms with Gasteiger partial charge >= 0.3 is 5.97 Å². The maximum atomic E-state index is 13.8. The highest BCUT2D eigenvalue weighted by Crippen LogP contribution is 2.33. The van der Waals surface area contributed by atoms with E-state index in [4.69, 9.17) is 25.8 Å². The van der Waals surface area contributed by atoms with E-state index in [1.54, 1.807) is 19.1 Å². The van der Waals surface area contributed by atoms with Gasteiger partial charge in [0.1, 0.15) is 12.4 Å². The fraction of sp³-hybridized carbons (Fsp3) is 0.200. The first-order chi connectivity index (χ1) is 17.6. The second kappa shape index (κ2) is 11.9. The average molecular weight is 551 g/mol. The summed E-state index contributed by atoms with van der Waals surface area (Å²) in [6.45, 7) is 1.05. The number of benzene rings is 3.